The van der Waals surface area contributed by atoms with Gasteiger partial charge in [0.15, 0.2) is 0 Å². The van der Waals surface area contributed by atoms with Gasteiger partial charge in [-0.2, -0.15) is 0 Å². The zero-order valence-electron chi connectivity index (χ0n) is 7.59. The first-order valence-corrected chi connectivity index (χ1v) is 5.08. The highest BCUT2D eigenvalue weighted by molar-refractivity contribution is 6.35. The summed E-state index contributed by atoms with van der Waals surface area (Å²) in [4.78, 5) is 8.26. The molecule has 0 radical (unpaired) electrons. The summed E-state index contributed by atoms with van der Waals surface area (Å²) in [6.45, 7) is 2.03. The van der Waals surface area contributed by atoms with Gasteiger partial charge in [-0.25, -0.2) is 9.97 Å². The molecule has 0 N–H and O–H groups in total. The number of halogens is 2. The monoisotopic (exact) mass is 226 g/mol. The third kappa shape index (κ3) is 1.56. The van der Waals surface area contributed by atoms with Gasteiger partial charge in [-0.3, -0.25) is 0 Å². The molecule has 0 spiro atoms. The maximum absolute atomic E-state index is 6.01. The second kappa shape index (κ2) is 3.71. The summed E-state index contributed by atoms with van der Waals surface area (Å²) < 4.78 is 0. The second-order valence-electron chi connectivity index (χ2n) is 2.93. The largest absolute Gasteiger partial charge is 0.223 e. The Morgan fingerprint density at radius 3 is 2.71 bits per heavy atom. The van der Waals surface area contributed by atoms with Crippen molar-refractivity contribution < 1.29 is 0 Å². The minimum Gasteiger partial charge on any atom is -0.222 e. The van der Waals surface area contributed by atoms with Crippen molar-refractivity contribution in [3.05, 3.63) is 34.2 Å². The van der Waals surface area contributed by atoms with E-state index in [1.807, 2.05) is 19.1 Å². The van der Waals surface area contributed by atoms with Crippen LogP contribution in [0, 0.1) is 0 Å². The normalized spacial score (nSPS) is 10.8. The van der Waals surface area contributed by atoms with Gasteiger partial charge in [-0.05, 0) is 24.1 Å². The van der Waals surface area contributed by atoms with Crippen LogP contribution in [0.4, 0.5) is 0 Å². The first-order valence-electron chi connectivity index (χ1n) is 4.33. The molecule has 2 rings (SSSR count). The number of fused-ring (bicyclic) bond motifs is 1. The van der Waals surface area contributed by atoms with E-state index in [4.69, 9.17) is 23.2 Å². The van der Waals surface area contributed by atoms with Crippen molar-refractivity contribution in [3.63, 3.8) is 0 Å². The quantitative estimate of drug-likeness (QED) is 0.696. The molecule has 0 atom stereocenters. The maximum Gasteiger partial charge on any atom is 0.223 e. The highest BCUT2D eigenvalue weighted by atomic mass is 35.5. The molecule has 14 heavy (non-hydrogen) atoms. The highest BCUT2D eigenvalue weighted by Gasteiger charge is 2.07. The van der Waals surface area contributed by atoms with Gasteiger partial charge in [0.25, 0.3) is 0 Å². The zero-order valence-corrected chi connectivity index (χ0v) is 9.10. The van der Waals surface area contributed by atoms with Crippen molar-refractivity contribution in [3.8, 4) is 0 Å². The maximum atomic E-state index is 6.01. The fraction of sp³-hybridized carbons (Fsp3) is 0.200. The number of hydrogen-bond donors (Lipinski definition) is 0. The van der Waals surface area contributed by atoms with Gasteiger partial charge in [0, 0.05) is 5.39 Å². The number of hydrogen-bond acceptors (Lipinski definition) is 2. The predicted octanol–water partition coefficient (Wildman–Crippen LogP) is 3.50. The molecule has 2 aromatic rings. The van der Waals surface area contributed by atoms with Crippen molar-refractivity contribution >= 4 is 34.1 Å². The summed E-state index contributed by atoms with van der Waals surface area (Å²) in [6.07, 6.45) is 0.819. The van der Waals surface area contributed by atoms with Gasteiger partial charge in [0.2, 0.25) is 5.28 Å². The Bertz CT molecular complexity index is 483. The van der Waals surface area contributed by atoms with Crippen molar-refractivity contribution in [1.29, 1.82) is 0 Å². The van der Waals surface area contributed by atoms with Gasteiger partial charge in [0.1, 0.15) is 0 Å². The molecule has 1 aromatic heterocycles. The van der Waals surface area contributed by atoms with E-state index in [0.717, 1.165) is 23.0 Å². The lowest BCUT2D eigenvalue weighted by atomic mass is 10.1. The molecule has 0 aliphatic rings. The third-order valence-corrected chi connectivity index (χ3v) is 2.54. The average Bonchev–Trinajstić information content (AvgIpc) is 2.18. The Labute approximate surface area is 91.9 Å². The van der Waals surface area contributed by atoms with Crippen molar-refractivity contribution in [2.24, 2.45) is 0 Å². The van der Waals surface area contributed by atoms with E-state index in [0.29, 0.717) is 5.02 Å². The van der Waals surface area contributed by atoms with E-state index in [-0.39, 0.29) is 5.28 Å². The lowest BCUT2D eigenvalue weighted by Gasteiger charge is -2.04. The first-order chi connectivity index (χ1) is 6.72. The Morgan fingerprint density at radius 1 is 1.21 bits per heavy atom. The second-order valence-corrected chi connectivity index (χ2v) is 3.67. The fourth-order valence-corrected chi connectivity index (χ4v) is 1.82. The number of para-hydroxylation sites is 1. The molecule has 0 saturated heterocycles. The number of nitrogens with zero attached hydrogens (tertiary/aromatic N) is 2. The summed E-state index contributed by atoms with van der Waals surface area (Å²) in [5.41, 5.74) is 1.66. The number of rotatable bonds is 1. The average molecular weight is 227 g/mol. The summed E-state index contributed by atoms with van der Waals surface area (Å²) >= 11 is 11.8. The molecule has 0 aliphatic carbocycles. The molecule has 0 saturated carbocycles. The van der Waals surface area contributed by atoms with E-state index in [1.54, 1.807) is 6.07 Å². The lowest BCUT2D eigenvalue weighted by Crippen LogP contribution is -1.93. The fourth-order valence-electron chi connectivity index (χ4n) is 1.42. The molecular formula is C10H8Cl2N2. The molecule has 2 nitrogen and oxygen atoms in total. The summed E-state index contributed by atoms with van der Waals surface area (Å²) in [5.74, 6) is 0. The molecule has 0 aliphatic heterocycles. The van der Waals surface area contributed by atoms with Crippen LogP contribution < -0.4 is 0 Å². The minimum atomic E-state index is 0.252. The van der Waals surface area contributed by atoms with Crippen molar-refractivity contribution in [2.45, 2.75) is 13.3 Å². The van der Waals surface area contributed by atoms with Crippen molar-refractivity contribution in [1.82, 2.24) is 9.97 Å². The lowest BCUT2D eigenvalue weighted by molar-refractivity contribution is 1.03. The summed E-state index contributed by atoms with van der Waals surface area (Å²) in [5, 5.41) is 1.84. The zero-order chi connectivity index (χ0) is 10.1. The molecular weight excluding hydrogens is 219 g/mol. The van der Waals surface area contributed by atoms with Gasteiger partial charge in [0.05, 0.1) is 16.2 Å². The molecule has 0 amide bonds. The Kier molecular flexibility index (Phi) is 2.57. The van der Waals surface area contributed by atoms with E-state index in [9.17, 15) is 0 Å². The van der Waals surface area contributed by atoms with Crippen LogP contribution >= 0.6 is 23.2 Å². The Hall–Kier alpha value is -0.860. The standard InChI is InChI=1S/C10H8Cl2N2/c1-2-8-6-4-3-5-7(11)9(6)14-10(12)13-8/h3-5H,2H2,1H3. The van der Waals surface area contributed by atoms with Crippen LogP contribution in [0.5, 0.6) is 0 Å². The summed E-state index contributed by atoms with van der Waals surface area (Å²) in [7, 11) is 0. The van der Waals surface area contributed by atoms with Crippen LogP contribution in [-0.4, -0.2) is 9.97 Å². The number of aromatic nitrogens is 2. The van der Waals surface area contributed by atoms with Crippen LogP contribution in [0.1, 0.15) is 12.6 Å². The van der Waals surface area contributed by atoms with Crippen LogP contribution in [0.3, 0.4) is 0 Å². The molecule has 0 bridgehead atoms. The molecule has 4 heteroatoms. The van der Waals surface area contributed by atoms with E-state index in [1.165, 1.54) is 0 Å². The van der Waals surface area contributed by atoms with Gasteiger partial charge in [-0.1, -0.05) is 30.7 Å². The van der Waals surface area contributed by atoms with E-state index >= 15 is 0 Å². The van der Waals surface area contributed by atoms with Crippen LogP contribution in [0.2, 0.25) is 10.3 Å². The van der Waals surface area contributed by atoms with Crippen LogP contribution in [0.15, 0.2) is 18.2 Å². The van der Waals surface area contributed by atoms with E-state index in [2.05, 4.69) is 9.97 Å². The third-order valence-electron chi connectivity index (χ3n) is 2.06. The molecule has 1 heterocycles. The van der Waals surface area contributed by atoms with Crippen molar-refractivity contribution in [2.75, 3.05) is 0 Å². The van der Waals surface area contributed by atoms with E-state index < -0.39 is 0 Å². The molecule has 0 unspecified atom stereocenters. The highest BCUT2D eigenvalue weighted by Crippen LogP contribution is 2.24. The Balaban J connectivity index is 2.87. The van der Waals surface area contributed by atoms with Crippen LogP contribution in [0.25, 0.3) is 10.9 Å². The Morgan fingerprint density at radius 2 is 2.00 bits per heavy atom. The number of benzene rings is 1. The van der Waals surface area contributed by atoms with Gasteiger partial charge < -0.3 is 0 Å². The minimum absolute atomic E-state index is 0.252. The SMILES string of the molecule is CCc1nc(Cl)nc2c(Cl)cccc12. The topological polar surface area (TPSA) is 25.8 Å². The summed E-state index contributed by atoms with van der Waals surface area (Å²) in [6, 6.07) is 5.64. The van der Waals surface area contributed by atoms with Crippen LogP contribution in [-0.2, 0) is 6.42 Å². The smallest absolute Gasteiger partial charge is 0.222 e. The number of aryl methyl sites for hydroxylation is 1. The van der Waals surface area contributed by atoms with Gasteiger partial charge in [-0.15, -0.1) is 0 Å². The predicted molar refractivity (Wildman–Crippen MR) is 58.9 cm³/mol. The van der Waals surface area contributed by atoms with Gasteiger partial charge >= 0.3 is 0 Å². The first kappa shape index (κ1) is 9.69. The molecule has 72 valence electrons. The molecule has 0 fully saturated rings. The molecule has 1 aromatic carbocycles.